The van der Waals surface area contributed by atoms with Gasteiger partial charge in [-0.2, -0.15) is 0 Å². The van der Waals surface area contributed by atoms with Gasteiger partial charge in [-0.15, -0.1) is 0 Å². The molecule has 0 aliphatic carbocycles. The van der Waals surface area contributed by atoms with Gasteiger partial charge in [0.2, 0.25) is 5.91 Å². The van der Waals surface area contributed by atoms with Crippen molar-refractivity contribution in [3.8, 4) is 5.75 Å². The van der Waals surface area contributed by atoms with Crippen molar-refractivity contribution in [2.45, 2.75) is 52.7 Å². The van der Waals surface area contributed by atoms with E-state index in [0.717, 1.165) is 17.5 Å². The molecule has 1 N–H and O–H groups in total. The first kappa shape index (κ1) is 24.0. The fourth-order valence-corrected chi connectivity index (χ4v) is 3.14. The lowest BCUT2D eigenvalue weighted by atomic mass is 10.1. The van der Waals surface area contributed by atoms with Crippen LogP contribution in [0.3, 0.4) is 0 Å². The molecule has 5 nitrogen and oxygen atoms in total. The summed E-state index contributed by atoms with van der Waals surface area (Å²) in [5.41, 5.74) is 1.81. The molecule has 0 heterocycles. The number of benzene rings is 2. The number of nitrogens with zero attached hydrogens (tertiary/aromatic N) is 1. The van der Waals surface area contributed by atoms with Crippen LogP contribution < -0.4 is 10.1 Å². The second-order valence-corrected chi connectivity index (χ2v) is 8.18. The van der Waals surface area contributed by atoms with Crippen LogP contribution in [0.15, 0.2) is 42.5 Å². The Bertz CT molecular complexity index is 889. The van der Waals surface area contributed by atoms with Crippen molar-refractivity contribution in [1.82, 2.24) is 10.2 Å². The van der Waals surface area contributed by atoms with Crippen molar-refractivity contribution in [3.05, 3.63) is 63.6 Å². The lowest BCUT2D eigenvalue weighted by Crippen LogP contribution is -2.50. The summed E-state index contributed by atoms with van der Waals surface area (Å²) in [6, 6.07) is 12.0. The van der Waals surface area contributed by atoms with Crippen LogP contribution in [-0.4, -0.2) is 35.4 Å². The number of hydrogen-bond donors (Lipinski definition) is 1. The van der Waals surface area contributed by atoms with Crippen LogP contribution in [0.1, 0.15) is 38.3 Å². The SMILES string of the molecule is CC[C@@H](C)NC(=O)[C@H](C)N(Cc1ccc(Cl)c(Cl)c1)C(=O)COc1cccc(C)c1. The van der Waals surface area contributed by atoms with Gasteiger partial charge < -0.3 is 15.0 Å². The topological polar surface area (TPSA) is 58.6 Å². The molecule has 0 saturated heterocycles. The highest BCUT2D eigenvalue weighted by Crippen LogP contribution is 2.24. The van der Waals surface area contributed by atoms with E-state index in [1.54, 1.807) is 31.2 Å². The monoisotopic (exact) mass is 450 g/mol. The number of nitrogens with one attached hydrogen (secondary N) is 1. The van der Waals surface area contributed by atoms with E-state index in [9.17, 15) is 9.59 Å². The fourth-order valence-electron chi connectivity index (χ4n) is 2.82. The van der Waals surface area contributed by atoms with Gasteiger partial charge >= 0.3 is 0 Å². The molecule has 0 fully saturated rings. The minimum atomic E-state index is -0.679. The number of amides is 2. The molecule has 2 rings (SSSR count). The van der Waals surface area contributed by atoms with Crippen molar-refractivity contribution < 1.29 is 14.3 Å². The maximum atomic E-state index is 13.0. The second kappa shape index (κ2) is 11.2. The van der Waals surface area contributed by atoms with Gasteiger partial charge in [0.25, 0.3) is 5.91 Å². The summed E-state index contributed by atoms with van der Waals surface area (Å²) in [6.45, 7) is 7.61. The second-order valence-electron chi connectivity index (χ2n) is 7.37. The molecule has 0 bridgehead atoms. The van der Waals surface area contributed by atoms with Gasteiger partial charge in [0.15, 0.2) is 6.61 Å². The summed E-state index contributed by atoms with van der Waals surface area (Å²) < 4.78 is 5.67. The molecule has 7 heteroatoms. The van der Waals surface area contributed by atoms with E-state index < -0.39 is 6.04 Å². The van der Waals surface area contributed by atoms with E-state index in [-0.39, 0.29) is 31.0 Å². The summed E-state index contributed by atoms with van der Waals surface area (Å²) in [4.78, 5) is 27.2. The Morgan fingerprint density at radius 1 is 1.10 bits per heavy atom. The average molecular weight is 451 g/mol. The zero-order chi connectivity index (χ0) is 22.3. The molecule has 0 unspecified atom stereocenters. The zero-order valence-corrected chi connectivity index (χ0v) is 19.3. The van der Waals surface area contributed by atoms with E-state index in [0.29, 0.717) is 15.8 Å². The summed E-state index contributed by atoms with van der Waals surface area (Å²) in [7, 11) is 0. The lowest BCUT2D eigenvalue weighted by molar-refractivity contribution is -0.142. The Morgan fingerprint density at radius 3 is 2.47 bits per heavy atom. The molecule has 162 valence electrons. The van der Waals surface area contributed by atoms with E-state index in [1.165, 1.54) is 4.90 Å². The normalized spacial score (nSPS) is 12.7. The molecule has 0 aliphatic heterocycles. The van der Waals surface area contributed by atoms with Gasteiger partial charge in [-0.3, -0.25) is 9.59 Å². The summed E-state index contributed by atoms with van der Waals surface area (Å²) in [5.74, 6) is 0.0947. The third-order valence-corrected chi connectivity index (χ3v) is 5.60. The van der Waals surface area contributed by atoms with Crippen LogP contribution in [0.2, 0.25) is 10.0 Å². The number of hydrogen-bond acceptors (Lipinski definition) is 3. The summed E-state index contributed by atoms with van der Waals surface area (Å²) >= 11 is 12.1. The smallest absolute Gasteiger partial charge is 0.261 e. The summed E-state index contributed by atoms with van der Waals surface area (Å²) in [6.07, 6.45) is 0.801. The number of halogens is 2. The van der Waals surface area contributed by atoms with Gasteiger partial charge in [0.05, 0.1) is 10.0 Å². The van der Waals surface area contributed by atoms with Crippen molar-refractivity contribution in [3.63, 3.8) is 0 Å². The van der Waals surface area contributed by atoms with Crippen LogP contribution in [-0.2, 0) is 16.1 Å². The van der Waals surface area contributed by atoms with Crippen LogP contribution in [0, 0.1) is 6.92 Å². The quantitative estimate of drug-likeness (QED) is 0.583. The Labute approximate surface area is 188 Å². The molecule has 2 aromatic carbocycles. The van der Waals surface area contributed by atoms with Crippen molar-refractivity contribution in [1.29, 1.82) is 0 Å². The van der Waals surface area contributed by atoms with Crippen molar-refractivity contribution in [2.75, 3.05) is 6.61 Å². The molecule has 0 spiro atoms. The first-order chi connectivity index (χ1) is 14.2. The van der Waals surface area contributed by atoms with Crippen molar-refractivity contribution in [2.24, 2.45) is 0 Å². The third-order valence-electron chi connectivity index (χ3n) is 4.86. The maximum absolute atomic E-state index is 13.0. The summed E-state index contributed by atoms with van der Waals surface area (Å²) in [5, 5.41) is 3.76. The highest BCUT2D eigenvalue weighted by molar-refractivity contribution is 6.42. The van der Waals surface area contributed by atoms with Crippen LogP contribution in [0.25, 0.3) is 0 Å². The molecule has 0 aromatic heterocycles. The number of aryl methyl sites for hydroxylation is 1. The predicted octanol–water partition coefficient (Wildman–Crippen LogP) is 5.01. The fraction of sp³-hybridized carbons (Fsp3) is 0.391. The lowest BCUT2D eigenvalue weighted by Gasteiger charge is -2.29. The van der Waals surface area contributed by atoms with E-state index >= 15 is 0 Å². The molecular formula is C23H28Cl2N2O3. The highest BCUT2D eigenvalue weighted by atomic mass is 35.5. The molecule has 2 amide bonds. The Hall–Kier alpha value is -2.24. The van der Waals surface area contributed by atoms with E-state index in [4.69, 9.17) is 27.9 Å². The molecule has 30 heavy (non-hydrogen) atoms. The number of ether oxygens (including phenoxy) is 1. The third kappa shape index (κ3) is 6.92. The van der Waals surface area contributed by atoms with Gasteiger partial charge in [0.1, 0.15) is 11.8 Å². The number of carbonyl (C=O) groups is 2. The Kier molecular flexibility index (Phi) is 9.00. The molecule has 2 aromatic rings. The molecule has 0 saturated carbocycles. The Morgan fingerprint density at radius 2 is 1.83 bits per heavy atom. The van der Waals surface area contributed by atoms with Crippen LogP contribution in [0.4, 0.5) is 0 Å². The first-order valence-corrected chi connectivity index (χ1v) is 10.7. The molecule has 0 aliphatic rings. The maximum Gasteiger partial charge on any atom is 0.261 e. The minimum absolute atomic E-state index is 0.0189. The minimum Gasteiger partial charge on any atom is -0.484 e. The zero-order valence-electron chi connectivity index (χ0n) is 17.7. The van der Waals surface area contributed by atoms with Gasteiger partial charge in [-0.05, 0) is 62.6 Å². The molecule has 2 atom stereocenters. The standard InChI is InChI=1S/C23H28Cl2N2O3/c1-5-16(3)26-23(29)17(4)27(13-18-9-10-20(24)21(25)12-18)22(28)14-30-19-8-6-7-15(2)11-19/h6-12,16-17H,5,13-14H2,1-4H3,(H,26,29)/t16-,17+/m1/s1. The van der Waals surface area contributed by atoms with Gasteiger partial charge in [-0.25, -0.2) is 0 Å². The van der Waals surface area contributed by atoms with Gasteiger partial charge in [0, 0.05) is 12.6 Å². The number of carbonyl (C=O) groups excluding carboxylic acids is 2. The molecular weight excluding hydrogens is 423 g/mol. The van der Waals surface area contributed by atoms with Gasteiger partial charge in [-0.1, -0.05) is 48.3 Å². The van der Waals surface area contributed by atoms with E-state index in [1.807, 2.05) is 39.0 Å². The predicted molar refractivity (Wildman–Crippen MR) is 121 cm³/mol. The Balaban J connectivity index is 2.18. The van der Waals surface area contributed by atoms with Crippen molar-refractivity contribution >= 4 is 35.0 Å². The molecule has 0 radical (unpaired) electrons. The van der Waals surface area contributed by atoms with E-state index in [2.05, 4.69) is 5.32 Å². The average Bonchev–Trinajstić information content (AvgIpc) is 2.72. The largest absolute Gasteiger partial charge is 0.484 e. The van der Waals surface area contributed by atoms with Crippen LogP contribution >= 0.6 is 23.2 Å². The number of rotatable bonds is 9. The highest BCUT2D eigenvalue weighted by Gasteiger charge is 2.27. The first-order valence-electron chi connectivity index (χ1n) is 9.94. The van der Waals surface area contributed by atoms with Crippen LogP contribution in [0.5, 0.6) is 5.75 Å².